The van der Waals surface area contributed by atoms with Gasteiger partial charge in [0.15, 0.2) is 0 Å². The molecule has 7 aromatic rings. The minimum Gasteiger partial charge on any atom is -0.318 e. The van der Waals surface area contributed by atoms with Gasteiger partial charge in [-0.25, -0.2) is 4.85 Å². The summed E-state index contributed by atoms with van der Waals surface area (Å²) >= 11 is 0. The molecule has 0 spiro atoms. The van der Waals surface area contributed by atoms with Gasteiger partial charge >= 0.3 is 0 Å². The average Bonchev–Trinajstić information content (AvgIpc) is 3.39. The second kappa shape index (κ2) is 9.48. The summed E-state index contributed by atoms with van der Waals surface area (Å²) in [6, 6.07) is 49.2. The van der Waals surface area contributed by atoms with E-state index in [0.717, 1.165) is 33.5 Å². The van der Waals surface area contributed by atoms with Gasteiger partial charge in [-0.15, -0.1) is 0 Å². The Hall–Kier alpha value is -5.59. The topological polar surface area (TPSA) is 12.5 Å². The smallest absolute Gasteiger partial charge is 0.211 e. The first-order valence-electron chi connectivity index (χ1n) is 14.7. The van der Waals surface area contributed by atoms with Crippen LogP contribution in [0.1, 0.15) is 25.0 Å². The Bertz CT molecular complexity index is 2140. The number of anilines is 3. The summed E-state index contributed by atoms with van der Waals surface area (Å²) in [5, 5.41) is 2.36. The largest absolute Gasteiger partial charge is 0.318 e. The van der Waals surface area contributed by atoms with Gasteiger partial charge in [-0.3, -0.25) is 0 Å². The monoisotopic (exact) mass is 551 g/mol. The van der Waals surface area contributed by atoms with E-state index >= 15 is 0 Å². The number of para-hydroxylation sites is 6. The Morgan fingerprint density at radius 1 is 0.512 bits per heavy atom. The van der Waals surface area contributed by atoms with E-state index in [4.69, 9.17) is 6.57 Å². The van der Waals surface area contributed by atoms with Crippen molar-refractivity contribution in [3.63, 3.8) is 0 Å². The molecule has 43 heavy (non-hydrogen) atoms. The van der Waals surface area contributed by atoms with E-state index in [1.165, 1.54) is 33.3 Å². The Kier molecular flexibility index (Phi) is 5.54. The third-order valence-electron chi connectivity index (χ3n) is 9.01. The first-order chi connectivity index (χ1) is 21.1. The molecular formula is C40H29N3. The van der Waals surface area contributed by atoms with E-state index in [1.807, 2.05) is 12.1 Å². The van der Waals surface area contributed by atoms with Gasteiger partial charge in [0.25, 0.3) is 0 Å². The molecule has 0 saturated heterocycles. The lowest BCUT2D eigenvalue weighted by molar-refractivity contribution is 0.632. The molecule has 0 N–H and O–H groups in total. The maximum Gasteiger partial charge on any atom is 0.211 e. The third kappa shape index (κ3) is 3.60. The molecule has 1 aliphatic rings. The van der Waals surface area contributed by atoms with Crippen LogP contribution in [0.3, 0.4) is 0 Å². The van der Waals surface area contributed by atoms with Gasteiger partial charge in [-0.1, -0.05) is 123 Å². The van der Waals surface area contributed by atoms with Gasteiger partial charge in [0.2, 0.25) is 5.69 Å². The summed E-state index contributed by atoms with van der Waals surface area (Å²) in [5.74, 6) is 0. The standard InChI is InChI=1S/C40H29N3/c1-40(2)31-19-7-12-25-37(31)42(38-26-13-8-20-32(38)40)34-22-9-6-17-29(34)30-18-14-21-33(41-3)39(30)43-35-23-10-4-15-27(35)28-16-5-11-24-36(28)43/h4-26H,1-2H3. The van der Waals surface area contributed by atoms with Gasteiger partial charge in [0, 0.05) is 21.8 Å². The number of hydrogen-bond acceptors (Lipinski definition) is 1. The second-order valence-corrected chi connectivity index (χ2v) is 11.7. The normalized spacial score (nSPS) is 13.5. The lowest BCUT2D eigenvalue weighted by atomic mass is 9.73. The predicted molar refractivity (Wildman–Crippen MR) is 179 cm³/mol. The van der Waals surface area contributed by atoms with Crippen LogP contribution in [0.2, 0.25) is 0 Å². The van der Waals surface area contributed by atoms with Crippen molar-refractivity contribution in [2.45, 2.75) is 19.3 Å². The first kappa shape index (κ1) is 25.1. The van der Waals surface area contributed by atoms with Gasteiger partial charge in [0.1, 0.15) is 0 Å². The molecule has 0 bridgehead atoms. The van der Waals surface area contributed by atoms with E-state index in [2.05, 4.69) is 156 Å². The van der Waals surface area contributed by atoms with Crippen LogP contribution in [0.15, 0.2) is 140 Å². The van der Waals surface area contributed by atoms with Gasteiger partial charge in [-0.2, -0.15) is 0 Å². The fourth-order valence-corrected chi connectivity index (χ4v) is 7.06. The summed E-state index contributed by atoms with van der Waals surface area (Å²) in [5.41, 5.74) is 11.7. The molecule has 0 unspecified atom stereocenters. The van der Waals surface area contributed by atoms with Crippen molar-refractivity contribution in [1.82, 2.24) is 4.57 Å². The number of benzene rings is 6. The summed E-state index contributed by atoms with van der Waals surface area (Å²) in [4.78, 5) is 6.48. The fraction of sp³-hybridized carbons (Fsp3) is 0.0750. The van der Waals surface area contributed by atoms with E-state index < -0.39 is 0 Å². The number of nitrogens with zero attached hydrogens (tertiary/aromatic N) is 3. The second-order valence-electron chi connectivity index (χ2n) is 11.7. The highest BCUT2D eigenvalue weighted by Crippen LogP contribution is 2.54. The molecule has 0 amide bonds. The average molecular weight is 552 g/mol. The molecule has 2 heterocycles. The maximum atomic E-state index is 8.25. The number of aromatic nitrogens is 1. The quantitative estimate of drug-likeness (QED) is 0.199. The number of rotatable bonds is 3. The van der Waals surface area contributed by atoms with E-state index in [0.29, 0.717) is 5.69 Å². The van der Waals surface area contributed by atoms with E-state index in [9.17, 15) is 0 Å². The third-order valence-corrected chi connectivity index (χ3v) is 9.01. The highest BCUT2D eigenvalue weighted by Gasteiger charge is 2.37. The number of hydrogen-bond donors (Lipinski definition) is 0. The lowest BCUT2D eigenvalue weighted by Crippen LogP contribution is -2.30. The molecule has 0 saturated carbocycles. The molecule has 0 radical (unpaired) electrons. The lowest BCUT2D eigenvalue weighted by Gasteiger charge is -2.42. The Balaban J connectivity index is 1.46. The summed E-state index contributed by atoms with van der Waals surface area (Å²) in [7, 11) is 0. The Labute approximate surface area is 251 Å². The van der Waals surface area contributed by atoms with Crippen molar-refractivity contribution in [3.05, 3.63) is 162 Å². The van der Waals surface area contributed by atoms with Crippen molar-refractivity contribution >= 4 is 44.6 Å². The van der Waals surface area contributed by atoms with Gasteiger partial charge in [-0.05, 0) is 47.0 Å². The summed E-state index contributed by atoms with van der Waals surface area (Å²) < 4.78 is 2.28. The number of fused-ring (bicyclic) bond motifs is 5. The van der Waals surface area contributed by atoms with Crippen molar-refractivity contribution in [2.75, 3.05) is 4.90 Å². The van der Waals surface area contributed by atoms with Crippen LogP contribution in [0.25, 0.3) is 43.5 Å². The molecule has 1 aliphatic heterocycles. The molecule has 3 nitrogen and oxygen atoms in total. The van der Waals surface area contributed by atoms with Crippen LogP contribution < -0.4 is 4.90 Å². The molecule has 0 atom stereocenters. The van der Waals surface area contributed by atoms with Crippen molar-refractivity contribution in [1.29, 1.82) is 0 Å². The Morgan fingerprint density at radius 2 is 1.00 bits per heavy atom. The van der Waals surface area contributed by atoms with Crippen molar-refractivity contribution in [3.8, 4) is 16.8 Å². The minimum absolute atomic E-state index is 0.142. The SMILES string of the molecule is [C-]#[N+]c1cccc(-c2ccccc2N2c3ccccc3C(C)(C)c3ccccc32)c1-n1c2ccccc2c2ccccc21. The highest BCUT2D eigenvalue weighted by atomic mass is 15.2. The molecule has 1 aromatic heterocycles. The van der Waals surface area contributed by atoms with Crippen molar-refractivity contribution in [2.24, 2.45) is 0 Å². The van der Waals surface area contributed by atoms with Crippen LogP contribution >= 0.6 is 0 Å². The zero-order valence-electron chi connectivity index (χ0n) is 24.1. The van der Waals surface area contributed by atoms with Crippen LogP contribution in [-0.4, -0.2) is 4.57 Å². The van der Waals surface area contributed by atoms with E-state index in [-0.39, 0.29) is 5.41 Å². The minimum atomic E-state index is -0.142. The van der Waals surface area contributed by atoms with Gasteiger partial charge < -0.3 is 9.47 Å². The summed E-state index contributed by atoms with van der Waals surface area (Å²) in [6.07, 6.45) is 0. The first-order valence-corrected chi connectivity index (χ1v) is 14.7. The van der Waals surface area contributed by atoms with Crippen LogP contribution in [-0.2, 0) is 5.41 Å². The molecule has 204 valence electrons. The summed E-state index contributed by atoms with van der Waals surface area (Å²) in [6.45, 7) is 12.9. The van der Waals surface area contributed by atoms with Crippen molar-refractivity contribution < 1.29 is 0 Å². The molecule has 0 fully saturated rings. The van der Waals surface area contributed by atoms with E-state index in [1.54, 1.807) is 0 Å². The maximum absolute atomic E-state index is 8.25. The van der Waals surface area contributed by atoms with Crippen LogP contribution in [0.4, 0.5) is 22.7 Å². The molecule has 0 aliphatic carbocycles. The highest BCUT2D eigenvalue weighted by molar-refractivity contribution is 6.10. The van der Waals surface area contributed by atoms with Crippen LogP contribution in [0, 0.1) is 6.57 Å². The molecule has 3 heteroatoms. The van der Waals surface area contributed by atoms with Crippen LogP contribution in [0.5, 0.6) is 0 Å². The fourth-order valence-electron chi connectivity index (χ4n) is 7.06. The molecular weight excluding hydrogens is 522 g/mol. The zero-order chi connectivity index (χ0) is 29.1. The zero-order valence-corrected chi connectivity index (χ0v) is 24.1. The predicted octanol–water partition coefficient (Wildman–Crippen LogP) is 11.1. The molecule has 6 aromatic carbocycles. The Morgan fingerprint density at radius 3 is 1.60 bits per heavy atom. The molecule has 8 rings (SSSR count). The van der Waals surface area contributed by atoms with Gasteiger partial charge in [0.05, 0.1) is 40.4 Å².